The van der Waals surface area contributed by atoms with E-state index in [0.717, 1.165) is 44.7 Å². The van der Waals surface area contributed by atoms with Crippen molar-refractivity contribution in [2.45, 2.75) is 44.6 Å². The summed E-state index contributed by atoms with van der Waals surface area (Å²) in [5, 5.41) is 9.19. The first-order valence-corrected chi connectivity index (χ1v) is 11.7. The Balaban J connectivity index is 0.00000320. The fourth-order valence-corrected chi connectivity index (χ4v) is 6.06. The molecule has 1 aromatic heterocycles. The predicted molar refractivity (Wildman–Crippen MR) is 137 cm³/mol. The van der Waals surface area contributed by atoms with Crippen LogP contribution >= 0.6 is 35.3 Å². The number of thiophene rings is 1. The van der Waals surface area contributed by atoms with Crippen LogP contribution in [0.4, 0.5) is 0 Å². The molecule has 3 rings (SSSR count). The Morgan fingerprint density at radius 1 is 1.30 bits per heavy atom. The number of nitrogens with one attached hydrogen (secondary N) is 2. The zero-order valence-corrected chi connectivity index (χ0v) is 22.0. The van der Waals surface area contributed by atoms with Crippen molar-refractivity contribution in [1.29, 1.82) is 0 Å². The van der Waals surface area contributed by atoms with Crippen LogP contribution < -0.4 is 10.6 Å². The van der Waals surface area contributed by atoms with Gasteiger partial charge in [0, 0.05) is 45.2 Å². The number of halogens is 1. The number of guanidine groups is 1. The van der Waals surface area contributed by atoms with Crippen LogP contribution in [-0.2, 0) is 4.79 Å². The van der Waals surface area contributed by atoms with Gasteiger partial charge >= 0.3 is 0 Å². The van der Waals surface area contributed by atoms with Gasteiger partial charge in [0.05, 0.1) is 5.41 Å². The van der Waals surface area contributed by atoms with Crippen molar-refractivity contribution < 1.29 is 4.79 Å². The topological polar surface area (TPSA) is 60.0 Å². The molecule has 0 bridgehead atoms. The Morgan fingerprint density at radius 2 is 2.03 bits per heavy atom. The molecular weight excluding hydrogens is 509 g/mol. The third kappa shape index (κ3) is 5.88. The maximum absolute atomic E-state index is 12.8. The minimum atomic E-state index is -0.286. The molecule has 6 nitrogen and oxygen atoms in total. The molecule has 0 aromatic carbocycles. The van der Waals surface area contributed by atoms with Gasteiger partial charge in [0.1, 0.15) is 0 Å². The fourth-order valence-electron chi connectivity index (χ4n) is 5.08. The van der Waals surface area contributed by atoms with Gasteiger partial charge in [-0.2, -0.15) is 0 Å². The first-order valence-electron chi connectivity index (χ1n) is 10.9. The molecule has 8 heteroatoms. The van der Waals surface area contributed by atoms with Crippen LogP contribution in [0.25, 0.3) is 0 Å². The van der Waals surface area contributed by atoms with E-state index in [-0.39, 0.29) is 35.3 Å². The normalized spacial score (nSPS) is 24.2. The SMILES string of the molecule is CN=C(NCC1CCCN(C)C1c1cccs1)NCC1(C(=O)N(C)C)CCCC1.I. The molecule has 1 aliphatic heterocycles. The summed E-state index contributed by atoms with van der Waals surface area (Å²) in [4.78, 5) is 22.9. The highest BCUT2D eigenvalue weighted by Crippen LogP contribution is 2.39. The average Bonchev–Trinajstić information content (AvgIpc) is 3.40. The van der Waals surface area contributed by atoms with E-state index in [0.29, 0.717) is 18.5 Å². The first kappa shape index (κ1) is 25.4. The van der Waals surface area contributed by atoms with E-state index in [9.17, 15) is 4.79 Å². The van der Waals surface area contributed by atoms with Crippen LogP contribution in [0.2, 0.25) is 0 Å². The van der Waals surface area contributed by atoms with Crippen LogP contribution in [0.3, 0.4) is 0 Å². The van der Waals surface area contributed by atoms with Gasteiger partial charge in [0.25, 0.3) is 0 Å². The second-order valence-corrected chi connectivity index (χ2v) is 9.82. The number of amides is 1. The van der Waals surface area contributed by atoms with Crippen LogP contribution in [-0.4, -0.2) is 69.5 Å². The van der Waals surface area contributed by atoms with E-state index >= 15 is 0 Å². The Hall–Kier alpha value is -0.870. The second kappa shape index (κ2) is 11.7. The highest BCUT2D eigenvalue weighted by Gasteiger charge is 2.42. The van der Waals surface area contributed by atoms with E-state index in [1.807, 2.05) is 32.5 Å². The largest absolute Gasteiger partial charge is 0.356 e. The molecule has 2 N–H and O–H groups in total. The van der Waals surface area contributed by atoms with E-state index in [1.54, 1.807) is 4.90 Å². The number of carbonyl (C=O) groups is 1. The standard InChI is InChI=1S/C22H37N5OS.HI/c1-23-21(25-16-22(11-5-6-12-22)20(28)26(2)3)24-15-17-9-7-13-27(4)19(17)18-10-8-14-29-18;/h8,10,14,17,19H,5-7,9,11-13,15-16H2,1-4H3,(H2,23,24,25);1H. The number of aliphatic imine (C=N–C) groups is 1. The van der Waals surface area contributed by atoms with Crippen molar-refractivity contribution in [3.05, 3.63) is 22.4 Å². The smallest absolute Gasteiger partial charge is 0.230 e. The summed E-state index contributed by atoms with van der Waals surface area (Å²) in [5.41, 5.74) is -0.286. The third-order valence-electron chi connectivity index (χ3n) is 6.61. The molecule has 1 saturated heterocycles. The van der Waals surface area contributed by atoms with Gasteiger partial charge in [-0.25, -0.2) is 0 Å². The van der Waals surface area contributed by atoms with Crippen molar-refractivity contribution >= 4 is 47.2 Å². The van der Waals surface area contributed by atoms with Crippen molar-refractivity contribution in [3.8, 4) is 0 Å². The lowest BCUT2D eigenvalue weighted by atomic mass is 9.84. The number of rotatable bonds is 6. The molecule has 2 unspecified atom stereocenters. The molecule has 2 atom stereocenters. The molecule has 1 aliphatic carbocycles. The van der Waals surface area contributed by atoms with Gasteiger partial charge in [-0.05, 0) is 56.6 Å². The molecule has 0 spiro atoms. The molecule has 1 saturated carbocycles. The van der Waals surface area contributed by atoms with Gasteiger partial charge in [-0.3, -0.25) is 14.7 Å². The van der Waals surface area contributed by atoms with Gasteiger partial charge in [0.2, 0.25) is 5.91 Å². The Labute approximate surface area is 202 Å². The molecule has 0 radical (unpaired) electrons. The summed E-state index contributed by atoms with van der Waals surface area (Å²) in [6, 6.07) is 4.87. The van der Waals surface area contributed by atoms with Gasteiger partial charge in [-0.1, -0.05) is 18.9 Å². The summed E-state index contributed by atoms with van der Waals surface area (Å²) in [7, 11) is 7.77. The lowest BCUT2D eigenvalue weighted by Gasteiger charge is -2.39. The zero-order chi connectivity index (χ0) is 20.9. The summed E-state index contributed by atoms with van der Waals surface area (Å²) in [6.07, 6.45) is 6.63. The number of likely N-dealkylation sites (tertiary alicyclic amines) is 1. The number of hydrogen-bond acceptors (Lipinski definition) is 4. The van der Waals surface area contributed by atoms with Crippen LogP contribution in [0.15, 0.2) is 22.5 Å². The zero-order valence-electron chi connectivity index (χ0n) is 18.8. The highest BCUT2D eigenvalue weighted by atomic mass is 127. The minimum Gasteiger partial charge on any atom is -0.356 e. The molecule has 1 aromatic rings. The number of nitrogens with zero attached hydrogens (tertiary/aromatic N) is 3. The van der Waals surface area contributed by atoms with Gasteiger partial charge in [0.15, 0.2) is 5.96 Å². The number of carbonyl (C=O) groups excluding carboxylic acids is 1. The van der Waals surface area contributed by atoms with Gasteiger partial charge in [-0.15, -0.1) is 35.3 Å². The Bertz CT molecular complexity index is 688. The first-order chi connectivity index (χ1) is 14.0. The second-order valence-electron chi connectivity index (χ2n) is 8.84. The van der Waals surface area contributed by atoms with Crippen LogP contribution in [0.1, 0.15) is 49.4 Å². The van der Waals surface area contributed by atoms with Crippen LogP contribution in [0.5, 0.6) is 0 Å². The maximum Gasteiger partial charge on any atom is 0.230 e. The van der Waals surface area contributed by atoms with E-state index in [2.05, 4.69) is 45.1 Å². The molecular formula is C22H38IN5OS. The number of piperidine rings is 1. The quantitative estimate of drug-likeness (QED) is 0.325. The Kier molecular flexibility index (Phi) is 9.87. The molecule has 30 heavy (non-hydrogen) atoms. The molecule has 170 valence electrons. The van der Waals surface area contributed by atoms with Crippen LogP contribution in [0, 0.1) is 11.3 Å². The Morgan fingerprint density at radius 3 is 2.63 bits per heavy atom. The summed E-state index contributed by atoms with van der Waals surface area (Å²) in [5.74, 6) is 1.60. The van der Waals surface area contributed by atoms with E-state index in [4.69, 9.17) is 0 Å². The fraction of sp³-hybridized carbons (Fsp3) is 0.727. The third-order valence-corrected chi connectivity index (χ3v) is 7.55. The number of hydrogen-bond donors (Lipinski definition) is 2. The molecule has 1 amide bonds. The van der Waals surface area contributed by atoms with E-state index < -0.39 is 0 Å². The maximum atomic E-state index is 12.8. The van der Waals surface area contributed by atoms with Gasteiger partial charge < -0.3 is 15.5 Å². The highest BCUT2D eigenvalue weighted by molar-refractivity contribution is 14.0. The summed E-state index contributed by atoms with van der Waals surface area (Å²) < 4.78 is 0. The average molecular weight is 548 g/mol. The lowest BCUT2D eigenvalue weighted by Crippen LogP contribution is -2.50. The molecule has 2 aliphatic rings. The summed E-state index contributed by atoms with van der Waals surface area (Å²) in [6.45, 7) is 2.70. The van der Waals surface area contributed by atoms with Crippen molar-refractivity contribution in [3.63, 3.8) is 0 Å². The lowest BCUT2D eigenvalue weighted by molar-refractivity contribution is -0.138. The van der Waals surface area contributed by atoms with Crippen molar-refractivity contribution in [1.82, 2.24) is 20.4 Å². The molecule has 2 fully saturated rings. The van der Waals surface area contributed by atoms with Crippen molar-refractivity contribution in [2.75, 3.05) is 47.8 Å². The van der Waals surface area contributed by atoms with Crippen molar-refractivity contribution in [2.24, 2.45) is 16.3 Å². The van der Waals surface area contributed by atoms with E-state index in [1.165, 1.54) is 17.7 Å². The monoisotopic (exact) mass is 547 g/mol. The summed E-state index contributed by atoms with van der Waals surface area (Å²) >= 11 is 1.85. The molecule has 2 heterocycles. The predicted octanol–water partition coefficient (Wildman–Crippen LogP) is 3.56. The minimum absolute atomic E-state index is 0.